The molecule has 1 saturated heterocycles. The number of primary amides is 1. The highest BCUT2D eigenvalue weighted by atomic mass is 19.1. The van der Waals surface area contributed by atoms with Crippen LogP contribution in [0.4, 0.5) is 15.8 Å². The number of nitrogens with zero attached hydrogens (tertiary/aromatic N) is 1. The number of nitrogens with two attached hydrogens (primary N) is 2. The average Bonchev–Trinajstić information content (AvgIpc) is 2.42. The van der Waals surface area contributed by atoms with E-state index in [0.717, 1.165) is 38.9 Å². The molecule has 0 aromatic heterocycles. The summed E-state index contributed by atoms with van der Waals surface area (Å²) < 4.78 is 19.0. The van der Waals surface area contributed by atoms with E-state index in [4.69, 9.17) is 16.2 Å². The van der Waals surface area contributed by atoms with Crippen molar-refractivity contribution in [2.24, 2.45) is 5.73 Å². The lowest BCUT2D eigenvalue weighted by Crippen LogP contribution is -2.39. The number of morpholine rings is 1. The first kappa shape index (κ1) is 14.5. The van der Waals surface area contributed by atoms with Gasteiger partial charge in [0.25, 0.3) is 5.91 Å². The molecule has 0 bridgehead atoms. The van der Waals surface area contributed by atoms with Crippen LogP contribution in [-0.2, 0) is 4.74 Å². The molecule has 1 aliphatic heterocycles. The summed E-state index contributed by atoms with van der Waals surface area (Å²) in [5.41, 5.74) is 11.1. The van der Waals surface area contributed by atoms with Crippen molar-refractivity contribution in [1.82, 2.24) is 4.90 Å². The molecule has 1 aromatic carbocycles. The maximum atomic E-state index is 13.7. The van der Waals surface area contributed by atoms with Gasteiger partial charge in [-0.3, -0.25) is 9.69 Å². The summed E-state index contributed by atoms with van der Waals surface area (Å²) in [6.07, 6.45) is 0. The minimum absolute atomic E-state index is 0.0497. The monoisotopic (exact) mass is 282 g/mol. The Hall–Kier alpha value is -1.86. The number of nitrogens with one attached hydrogen (secondary N) is 1. The number of carbonyl (C=O) groups excluding carboxylic acids is 1. The van der Waals surface area contributed by atoms with Crippen molar-refractivity contribution in [3.05, 3.63) is 23.5 Å². The number of carbonyl (C=O) groups is 1. The van der Waals surface area contributed by atoms with Gasteiger partial charge in [0.1, 0.15) is 5.82 Å². The van der Waals surface area contributed by atoms with Crippen molar-refractivity contribution in [2.75, 3.05) is 50.4 Å². The highest BCUT2D eigenvalue weighted by Crippen LogP contribution is 2.21. The smallest absolute Gasteiger partial charge is 0.250 e. The molecule has 0 unspecified atom stereocenters. The van der Waals surface area contributed by atoms with E-state index in [2.05, 4.69) is 10.2 Å². The van der Waals surface area contributed by atoms with Gasteiger partial charge in [0, 0.05) is 31.9 Å². The third-order valence-corrected chi connectivity index (χ3v) is 3.25. The highest BCUT2D eigenvalue weighted by Gasteiger charge is 2.13. The van der Waals surface area contributed by atoms with Gasteiger partial charge in [0.15, 0.2) is 0 Å². The zero-order valence-electron chi connectivity index (χ0n) is 11.2. The van der Waals surface area contributed by atoms with E-state index in [1.54, 1.807) is 0 Å². The van der Waals surface area contributed by atoms with Crippen LogP contribution in [0.3, 0.4) is 0 Å². The fourth-order valence-corrected chi connectivity index (χ4v) is 2.11. The Bertz CT molecular complexity index is 490. The van der Waals surface area contributed by atoms with E-state index < -0.39 is 11.7 Å². The van der Waals surface area contributed by atoms with Gasteiger partial charge in [-0.15, -0.1) is 0 Å². The molecular formula is C13H19FN4O2. The van der Waals surface area contributed by atoms with E-state index in [-0.39, 0.29) is 16.9 Å². The van der Waals surface area contributed by atoms with E-state index in [9.17, 15) is 9.18 Å². The normalized spacial score (nSPS) is 16.1. The Morgan fingerprint density at radius 1 is 1.40 bits per heavy atom. The standard InChI is InChI=1S/C13H19FN4O2/c14-10-8-11(15)9(13(16)19)7-12(10)17-1-2-18-3-5-20-6-4-18/h7-8,17H,1-6,15H2,(H2,16,19). The molecule has 0 spiro atoms. The van der Waals surface area contributed by atoms with Crippen molar-refractivity contribution >= 4 is 17.3 Å². The van der Waals surface area contributed by atoms with E-state index in [0.29, 0.717) is 6.54 Å². The second-order valence-electron chi connectivity index (χ2n) is 4.66. The summed E-state index contributed by atoms with van der Waals surface area (Å²) in [5, 5.41) is 2.96. The molecular weight excluding hydrogens is 263 g/mol. The molecule has 1 heterocycles. The van der Waals surface area contributed by atoms with Gasteiger partial charge in [0.2, 0.25) is 0 Å². The van der Waals surface area contributed by atoms with E-state index >= 15 is 0 Å². The molecule has 0 aliphatic carbocycles. The van der Waals surface area contributed by atoms with Crippen molar-refractivity contribution in [2.45, 2.75) is 0 Å². The third kappa shape index (κ3) is 3.58. The van der Waals surface area contributed by atoms with Crippen molar-refractivity contribution in [3.8, 4) is 0 Å². The average molecular weight is 282 g/mol. The summed E-state index contributed by atoms with van der Waals surface area (Å²) in [6.45, 7) is 4.54. The number of anilines is 2. The molecule has 6 nitrogen and oxygen atoms in total. The van der Waals surface area contributed by atoms with Crippen LogP contribution in [0.15, 0.2) is 12.1 Å². The largest absolute Gasteiger partial charge is 0.398 e. The molecule has 1 fully saturated rings. The van der Waals surface area contributed by atoms with Crippen molar-refractivity contribution < 1.29 is 13.9 Å². The van der Waals surface area contributed by atoms with Crippen LogP contribution in [-0.4, -0.2) is 50.2 Å². The number of amides is 1. The Morgan fingerprint density at radius 3 is 2.75 bits per heavy atom. The van der Waals surface area contributed by atoms with Crippen LogP contribution in [0.2, 0.25) is 0 Å². The number of hydrogen-bond acceptors (Lipinski definition) is 5. The Kier molecular flexibility index (Phi) is 4.75. The van der Waals surface area contributed by atoms with Gasteiger partial charge in [-0.2, -0.15) is 0 Å². The molecule has 110 valence electrons. The lowest BCUT2D eigenvalue weighted by molar-refractivity contribution is 0.0398. The molecule has 0 atom stereocenters. The summed E-state index contributed by atoms with van der Waals surface area (Å²) >= 11 is 0. The number of benzene rings is 1. The van der Waals surface area contributed by atoms with Crippen molar-refractivity contribution in [3.63, 3.8) is 0 Å². The number of halogens is 1. The van der Waals surface area contributed by atoms with E-state index in [1.165, 1.54) is 6.07 Å². The molecule has 0 radical (unpaired) electrons. The van der Waals surface area contributed by atoms with Gasteiger partial charge >= 0.3 is 0 Å². The number of nitrogen functional groups attached to an aromatic ring is 1. The Labute approximate surface area is 116 Å². The zero-order chi connectivity index (χ0) is 14.5. The summed E-state index contributed by atoms with van der Waals surface area (Å²) in [4.78, 5) is 13.4. The first-order valence-corrected chi connectivity index (χ1v) is 6.50. The second-order valence-corrected chi connectivity index (χ2v) is 4.66. The molecule has 5 N–H and O–H groups in total. The molecule has 1 aliphatic rings. The number of hydrogen-bond donors (Lipinski definition) is 3. The highest BCUT2D eigenvalue weighted by molar-refractivity contribution is 5.99. The first-order chi connectivity index (χ1) is 9.58. The SMILES string of the molecule is NC(=O)c1cc(NCCN2CCOCC2)c(F)cc1N. The topological polar surface area (TPSA) is 93.6 Å². The second kappa shape index (κ2) is 6.53. The van der Waals surface area contributed by atoms with Crippen LogP contribution in [0.1, 0.15) is 10.4 Å². The predicted molar refractivity (Wildman–Crippen MR) is 75.1 cm³/mol. The van der Waals surface area contributed by atoms with E-state index in [1.807, 2.05) is 0 Å². The molecule has 1 amide bonds. The molecule has 7 heteroatoms. The van der Waals surface area contributed by atoms with Crippen molar-refractivity contribution in [1.29, 1.82) is 0 Å². The Balaban J connectivity index is 1.94. The maximum absolute atomic E-state index is 13.7. The predicted octanol–water partition coefficient (Wildman–Crippen LogP) is 0.251. The minimum Gasteiger partial charge on any atom is -0.398 e. The zero-order valence-corrected chi connectivity index (χ0v) is 11.2. The lowest BCUT2D eigenvalue weighted by Gasteiger charge is -2.26. The fourth-order valence-electron chi connectivity index (χ4n) is 2.11. The van der Waals surface area contributed by atoms with Gasteiger partial charge < -0.3 is 21.5 Å². The molecule has 20 heavy (non-hydrogen) atoms. The third-order valence-electron chi connectivity index (χ3n) is 3.25. The fraction of sp³-hybridized carbons (Fsp3) is 0.462. The number of ether oxygens (including phenoxy) is 1. The number of rotatable bonds is 5. The van der Waals surface area contributed by atoms with Gasteiger partial charge in [0.05, 0.1) is 24.5 Å². The molecule has 2 rings (SSSR count). The van der Waals surface area contributed by atoms with Gasteiger partial charge in [-0.1, -0.05) is 0 Å². The molecule has 1 aromatic rings. The van der Waals surface area contributed by atoms with Gasteiger partial charge in [-0.25, -0.2) is 4.39 Å². The molecule has 0 saturated carbocycles. The minimum atomic E-state index is -0.668. The maximum Gasteiger partial charge on any atom is 0.250 e. The summed E-state index contributed by atoms with van der Waals surface area (Å²) in [6, 6.07) is 2.46. The van der Waals surface area contributed by atoms with Crippen LogP contribution < -0.4 is 16.8 Å². The van der Waals surface area contributed by atoms with Crippen LogP contribution in [0.25, 0.3) is 0 Å². The first-order valence-electron chi connectivity index (χ1n) is 6.50. The summed E-state index contributed by atoms with van der Waals surface area (Å²) in [7, 11) is 0. The van der Waals surface area contributed by atoms with Crippen LogP contribution in [0, 0.1) is 5.82 Å². The summed E-state index contributed by atoms with van der Waals surface area (Å²) in [5.74, 6) is -1.16. The Morgan fingerprint density at radius 2 is 2.10 bits per heavy atom. The van der Waals surface area contributed by atoms with Gasteiger partial charge in [-0.05, 0) is 12.1 Å². The van der Waals surface area contributed by atoms with Crippen LogP contribution >= 0.6 is 0 Å². The lowest BCUT2D eigenvalue weighted by atomic mass is 10.1. The quantitative estimate of drug-likeness (QED) is 0.673. The van der Waals surface area contributed by atoms with Crippen LogP contribution in [0.5, 0.6) is 0 Å².